The van der Waals surface area contributed by atoms with Gasteiger partial charge in [0, 0.05) is 38.2 Å². The molecule has 5 nitrogen and oxygen atoms in total. The van der Waals surface area contributed by atoms with Crippen molar-refractivity contribution in [2.24, 2.45) is 5.41 Å². The van der Waals surface area contributed by atoms with Gasteiger partial charge in [-0.15, -0.1) is 0 Å². The number of likely N-dealkylation sites (tertiary alicyclic amines) is 1. The average Bonchev–Trinajstić information content (AvgIpc) is 2.90. The molecule has 2 aliphatic heterocycles. The Hall–Kier alpha value is -1.46. The van der Waals surface area contributed by atoms with E-state index in [4.69, 9.17) is 0 Å². The minimum Gasteiger partial charge on any atom is -0.316 e. The van der Waals surface area contributed by atoms with Gasteiger partial charge in [0.15, 0.2) is 0 Å². The van der Waals surface area contributed by atoms with Gasteiger partial charge in [-0.2, -0.15) is 0 Å². The van der Waals surface area contributed by atoms with Crippen molar-refractivity contribution in [3.05, 3.63) is 30.4 Å². The molecule has 4 heterocycles. The SMILES string of the molecule is c1cnc2nc(CN3CCCC4(CCCNC4)C3)cn2c1. The molecule has 1 N–H and O–H groups in total. The second kappa shape index (κ2) is 5.39. The summed E-state index contributed by atoms with van der Waals surface area (Å²) in [6.07, 6.45) is 11.3. The van der Waals surface area contributed by atoms with E-state index in [9.17, 15) is 0 Å². The van der Waals surface area contributed by atoms with Crippen molar-refractivity contribution < 1.29 is 0 Å². The topological polar surface area (TPSA) is 45.5 Å². The number of nitrogens with zero attached hydrogens (tertiary/aromatic N) is 4. The van der Waals surface area contributed by atoms with Crippen LogP contribution in [0.25, 0.3) is 5.78 Å². The Morgan fingerprint density at radius 2 is 2.24 bits per heavy atom. The lowest BCUT2D eigenvalue weighted by Crippen LogP contribution is -2.50. The van der Waals surface area contributed by atoms with Crippen LogP contribution in [-0.4, -0.2) is 45.4 Å². The maximum Gasteiger partial charge on any atom is 0.233 e. The van der Waals surface area contributed by atoms with Crippen LogP contribution in [0.3, 0.4) is 0 Å². The lowest BCUT2D eigenvalue weighted by molar-refractivity contribution is 0.0594. The van der Waals surface area contributed by atoms with Crippen LogP contribution in [0.4, 0.5) is 0 Å². The van der Waals surface area contributed by atoms with Gasteiger partial charge in [0.1, 0.15) is 0 Å². The molecule has 2 aromatic heterocycles. The zero-order chi connectivity index (χ0) is 14.1. The highest BCUT2D eigenvalue weighted by atomic mass is 15.2. The fourth-order valence-corrected chi connectivity index (χ4v) is 4.01. The average molecular weight is 285 g/mol. The number of aromatic nitrogens is 3. The van der Waals surface area contributed by atoms with E-state index in [0.29, 0.717) is 5.41 Å². The van der Waals surface area contributed by atoms with Crippen molar-refractivity contribution in [3.8, 4) is 0 Å². The molecule has 0 bridgehead atoms. The molecule has 2 aliphatic rings. The van der Waals surface area contributed by atoms with E-state index in [1.54, 1.807) is 6.20 Å². The molecule has 4 rings (SSSR count). The van der Waals surface area contributed by atoms with Gasteiger partial charge in [-0.3, -0.25) is 9.30 Å². The summed E-state index contributed by atoms with van der Waals surface area (Å²) >= 11 is 0. The van der Waals surface area contributed by atoms with E-state index in [1.165, 1.54) is 51.9 Å². The van der Waals surface area contributed by atoms with Crippen molar-refractivity contribution in [2.75, 3.05) is 26.2 Å². The predicted molar refractivity (Wildman–Crippen MR) is 82.0 cm³/mol. The molecule has 0 radical (unpaired) electrons. The van der Waals surface area contributed by atoms with Crippen LogP contribution >= 0.6 is 0 Å². The van der Waals surface area contributed by atoms with Crippen molar-refractivity contribution >= 4 is 5.78 Å². The van der Waals surface area contributed by atoms with Gasteiger partial charge in [-0.05, 0) is 50.3 Å². The maximum atomic E-state index is 4.63. The summed E-state index contributed by atoms with van der Waals surface area (Å²) < 4.78 is 2.01. The third-order valence-electron chi connectivity index (χ3n) is 4.97. The molecule has 5 heteroatoms. The van der Waals surface area contributed by atoms with E-state index in [-0.39, 0.29) is 0 Å². The van der Waals surface area contributed by atoms with Gasteiger partial charge in [0.2, 0.25) is 5.78 Å². The number of hydrogen-bond acceptors (Lipinski definition) is 4. The summed E-state index contributed by atoms with van der Waals surface area (Å²) in [5.74, 6) is 0.804. The van der Waals surface area contributed by atoms with Gasteiger partial charge < -0.3 is 5.32 Å². The molecule has 2 saturated heterocycles. The molecule has 1 spiro atoms. The smallest absolute Gasteiger partial charge is 0.233 e. The van der Waals surface area contributed by atoms with Crippen molar-refractivity contribution in [2.45, 2.75) is 32.2 Å². The van der Waals surface area contributed by atoms with Crippen LogP contribution in [0.15, 0.2) is 24.7 Å². The minimum absolute atomic E-state index is 0.508. The van der Waals surface area contributed by atoms with E-state index >= 15 is 0 Å². The van der Waals surface area contributed by atoms with Gasteiger partial charge in [-0.1, -0.05) is 0 Å². The third-order valence-corrected chi connectivity index (χ3v) is 4.97. The first-order valence-electron chi connectivity index (χ1n) is 8.05. The predicted octanol–water partition coefficient (Wildman–Crippen LogP) is 1.69. The largest absolute Gasteiger partial charge is 0.316 e. The molecule has 2 aromatic rings. The van der Waals surface area contributed by atoms with Crippen LogP contribution in [0.5, 0.6) is 0 Å². The summed E-state index contributed by atoms with van der Waals surface area (Å²) in [5, 5.41) is 3.59. The summed E-state index contributed by atoms with van der Waals surface area (Å²) in [6, 6.07) is 1.95. The molecule has 21 heavy (non-hydrogen) atoms. The first-order chi connectivity index (χ1) is 10.3. The summed E-state index contributed by atoms with van der Waals surface area (Å²) in [4.78, 5) is 11.5. The number of rotatable bonds is 2. The fourth-order valence-electron chi connectivity index (χ4n) is 4.01. The standard InChI is InChI=1S/C16H23N5/c1-4-16(12-17-6-1)5-2-8-20(13-16)10-14-11-21-9-3-7-18-15(21)19-14/h3,7,9,11,17H,1-2,4-6,8,10,12-13H2. The number of fused-ring (bicyclic) bond motifs is 1. The number of piperidine rings is 2. The van der Waals surface area contributed by atoms with Crippen LogP contribution in [-0.2, 0) is 6.54 Å². The Bertz CT molecular complexity index is 575. The number of imidazole rings is 1. The van der Waals surface area contributed by atoms with E-state index in [0.717, 1.165) is 18.0 Å². The zero-order valence-electron chi connectivity index (χ0n) is 12.5. The first-order valence-corrected chi connectivity index (χ1v) is 8.05. The van der Waals surface area contributed by atoms with Crippen molar-refractivity contribution in [1.82, 2.24) is 24.6 Å². The Balaban J connectivity index is 1.48. The highest BCUT2D eigenvalue weighted by Gasteiger charge is 2.36. The van der Waals surface area contributed by atoms with Gasteiger partial charge in [0.25, 0.3) is 0 Å². The van der Waals surface area contributed by atoms with Gasteiger partial charge in [-0.25, -0.2) is 9.97 Å². The molecular formula is C16H23N5. The number of nitrogens with one attached hydrogen (secondary N) is 1. The normalized spacial score (nSPS) is 27.4. The Morgan fingerprint density at radius 3 is 3.10 bits per heavy atom. The molecule has 0 amide bonds. The van der Waals surface area contributed by atoms with Crippen LogP contribution in [0.1, 0.15) is 31.4 Å². The Morgan fingerprint density at radius 1 is 1.29 bits per heavy atom. The summed E-state index contributed by atoms with van der Waals surface area (Å²) in [7, 11) is 0. The highest BCUT2D eigenvalue weighted by molar-refractivity contribution is 5.29. The van der Waals surface area contributed by atoms with E-state index in [1.807, 2.05) is 16.7 Å². The second-order valence-electron chi connectivity index (χ2n) is 6.65. The molecule has 112 valence electrons. The Kier molecular flexibility index (Phi) is 3.39. The van der Waals surface area contributed by atoms with Gasteiger partial charge >= 0.3 is 0 Å². The lowest BCUT2D eigenvalue weighted by Gasteiger charge is -2.45. The Labute approximate surface area is 125 Å². The number of hydrogen-bond donors (Lipinski definition) is 1. The first kappa shape index (κ1) is 13.2. The molecule has 1 atom stereocenters. The van der Waals surface area contributed by atoms with E-state index in [2.05, 4.69) is 26.4 Å². The molecule has 0 aromatic carbocycles. The zero-order valence-corrected chi connectivity index (χ0v) is 12.5. The molecule has 0 aliphatic carbocycles. The molecule has 2 fully saturated rings. The fraction of sp³-hybridized carbons (Fsp3) is 0.625. The van der Waals surface area contributed by atoms with Gasteiger partial charge in [0.05, 0.1) is 5.69 Å². The quantitative estimate of drug-likeness (QED) is 0.912. The monoisotopic (exact) mass is 285 g/mol. The minimum atomic E-state index is 0.508. The molecular weight excluding hydrogens is 262 g/mol. The second-order valence-corrected chi connectivity index (χ2v) is 6.65. The van der Waals surface area contributed by atoms with Crippen LogP contribution in [0.2, 0.25) is 0 Å². The third kappa shape index (κ3) is 2.68. The van der Waals surface area contributed by atoms with Crippen LogP contribution < -0.4 is 5.32 Å². The summed E-state index contributed by atoms with van der Waals surface area (Å²) in [5.41, 5.74) is 1.64. The molecule has 0 saturated carbocycles. The van der Waals surface area contributed by atoms with Crippen LogP contribution in [0, 0.1) is 5.41 Å². The van der Waals surface area contributed by atoms with Crippen molar-refractivity contribution in [3.63, 3.8) is 0 Å². The maximum absolute atomic E-state index is 4.63. The lowest BCUT2D eigenvalue weighted by atomic mass is 9.74. The summed E-state index contributed by atoms with van der Waals surface area (Å²) in [6.45, 7) is 5.74. The molecule has 1 unspecified atom stereocenters. The van der Waals surface area contributed by atoms with Crippen molar-refractivity contribution in [1.29, 1.82) is 0 Å². The highest BCUT2D eigenvalue weighted by Crippen LogP contribution is 2.36. The van der Waals surface area contributed by atoms with E-state index < -0.39 is 0 Å².